The Morgan fingerprint density at radius 3 is 2.48 bits per heavy atom. The summed E-state index contributed by atoms with van der Waals surface area (Å²) >= 11 is 0. The first-order valence-electron chi connectivity index (χ1n) is 8.14. The number of aliphatic hydroxyl groups is 2. The minimum absolute atomic E-state index is 0.0752. The Kier molecular flexibility index (Phi) is 7.16. The molecule has 2 atom stereocenters. The first-order valence-corrected chi connectivity index (χ1v) is 8.14. The fraction of sp³-hybridized carbons (Fsp3) is 0.263. The Bertz CT molecular complexity index is 779. The molecule has 1 amide bonds. The average Bonchev–Trinajstić information content (AvgIpc) is 2.70. The number of nitrogens with one attached hydrogen (secondary N) is 1. The molecule has 0 fully saturated rings. The molecule has 0 bridgehead atoms. The smallest absolute Gasteiger partial charge is 0.407 e. The van der Waals surface area contributed by atoms with Gasteiger partial charge >= 0.3 is 12.1 Å². The van der Waals surface area contributed by atoms with Crippen molar-refractivity contribution in [3.8, 4) is 5.75 Å². The molecule has 0 saturated carbocycles. The molecule has 2 unspecified atom stereocenters. The first-order chi connectivity index (χ1) is 12.9. The van der Waals surface area contributed by atoms with E-state index in [0.717, 1.165) is 12.7 Å². The SMILES string of the molecule is COC(=O)c1cc(C(O)C(O)CNC(=O)OCc2ccccc2)ccc1O. The number of rotatable bonds is 7. The van der Waals surface area contributed by atoms with Crippen LogP contribution in [0.15, 0.2) is 48.5 Å². The number of aliphatic hydroxyl groups excluding tert-OH is 2. The van der Waals surface area contributed by atoms with Crippen molar-refractivity contribution in [3.05, 3.63) is 65.2 Å². The number of phenolic OH excluding ortho intramolecular Hbond substituents is 1. The van der Waals surface area contributed by atoms with Gasteiger partial charge in [-0.2, -0.15) is 0 Å². The van der Waals surface area contributed by atoms with Gasteiger partial charge in [0.1, 0.15) is 30.1 Å². The molecule has 0 spiro atoms. The van der Waals surface area contributed by atoms with Crippen molar-refractivity contribution in [1.29, 1.82) is 0 Å². The summed E-state index contributed by atoms with van der Waals surface area (Å²) in [4.78, 5) is 23.3. The summed E-state index contributed by atoms with van der Waals surface area (Å²) < 4.78 is 9.55. The van der Waals surface area contributed by atoms with Gasteiger partial charge in [-0.3, -0.25) is 0 Å². The van der Waals surface area contributed by atoms with Crippen LogP contribution in [0.4, 0.5) is 4.79 Å². The summed E-state index contributed by atoms with van der Waals surface area (Å²) in [7, 11) is 1.16. The van der Waals surface area contributed by atoms with Crippen LogP contribution in [0.1, 0.15) is 27.6 Å². The maximum atomic E-state index is 11.7. The Labute approximate surface area is 156 Å². The number of benzene rings is 2. The Morgan fingerprint density at radius 2 is 1.81 bits per heavy atom. The van der Waals surface area contributed by atoms with Crippen molar-refractivity contribution >= 4 is 12.1 Å². The van der Waals surface area contributed by atoms with E-state index in [9.17, 15) is 24.9 Å². The van der Waals surface area contributed by atoms with E-state index in [1.165, 1.54) is 18.2 Å². The lowest BCUT2D eigenvalue weighted by atomic mass is 10.0. The van der Waals surface area contributed by atoms with Crippen LogP contribution in [0.2, 0.25) is 0 Å². The zero-order valence-electron chi connectivity index (χ0n) is 14.7. The summed E-state index contributed by atoms with van der Waals surface area (Å²) in [6.45, 7) is -0.199. The van der Waals surface area contributed by atoms with E-state index in [-0.39, 0.29) is 30.0 Å². The minimum atomic E-state index is -1.40. The highest BCUT2D eigenvalue weighted by Crippen LogP contribution is 2.24. The quantitative estimate of drug-likeness (QED) is 0.540. The van der Waals surface area contributed by atoms with E-state index in [4.69, 9.17) is 4.74 Å². The molecular weight excluding hydrogens is 354 g/mol. The molecule has 0 heterocycles. The summed E-state index contributed by atoms with van der Waals surface area (Å²) in [5, 5.41) is 32.3. The van der Waals surface area contributed by atoms with Crippen LogP contribution in [-0.4, -0.2) is 47.1 Å². The molecule has 0 radical (unpaired) electrons. The predicted octanol–water partition coefficient (Wildman–Crippen LogP) is 1.50. The summed E-state index contributed by atoms with van der Waals surface area (Å²) in [5.74, 6) is -1.09. The Hall–Kier alpha value is -3.10. The highest BCUT2D eigenvalue weighted by Gasteiger charge is 2.22. The van der Waals surface area contributed by atoms with Gasteiger partial charge < -0.3 is 30.1 Å². The van der Waals surface area contributed by atoms with Gasteiger partial charge in [-0.25, -0.2) is 9.59 Å². The maximum absolute atomic E-state index is 11.7. The predicted molar refractivity (Wildman–Crippen MR) is 95.0 cm³/mol. The molecule has 0 aliphatic rings. The normalized spacial score (nSPS) is 12.7. The molecular formula is C19H21NO7. The summed E-state index contributed by atoms with van der Waals surface area (Å²) in [6.07, 6.45) is -3.50. The molecule has 27 heavy (non-hydrogen) atoms. The van der Waals surface area contributed by atoms with Gasteiger partial charge in [-0.05, 0) is 23.3 Å². The topological polar surface area (TPSA) is 125 Å². The number of carbonyl (C=O) groups excluding carboxylic acids is 2. The van der Waals surface area contributed by atoms with E-state index in [0.29, 0.717) is 0 Å². The second-order valence-electron chi connectivity index (χ2n) is 5.72. The third-order valence-electron chi connectivity index (χ3n) is 3.80. The average molecular weight is 375 g/mol. The lowest BCUT2D eigenvalue weighted by Gasteiger charge is -2.19. The third kappa shape index (κ3) is 5.70. The van der Waals surface area contributed by atoms with Gasteiger partial charge in [0.05, 0.1) is 7.11 Å². The zero-order chi connectivity index (χ0) is 19.8. The Morgan fingerprint density at radius 1 is 1.11 bits per heavy atom. The molecule has 2 rings (SSSR count). The summed E-state index contributed by atoms with van der Waals surface area (Å²) in [6, 6.07) is 12.8. The van der Waals surface area contributed by atoms with E-state index >= 15 is 0 Å². The van der Waals surface area contributed by atoms with Crippen molar-refractivity contribution in [1.82, 2.24) is 5.32 Å². The van der Waals surface area contributed by atoms with Gasteiger partial charge in [-0.1, -0.05) is 36.4 Å². The van der Waals surface area contributed by atoms with Crippen molar-refractivity contribution in [2.45, 2.75) is 18.8 Å². The van der Waals surface area contributed by atoms with Crippen molar-refractivity contribution in [2.75, 3.05) is 13.7 Å². The van der Waals surface area contributed by atoms with Gasteiger partial charge in [0.2, 0.25) is 0 Å². The fourth-order valence-corrected chi connectivity index (χ4v) is 2.31. The molecule has 8 nitrogen and oxygen atoms in total. The molecule has 2 aromatic rings. The molecule has 8 heteroatoms. The number of hydrogen-bond donors (Lipinski definition) is 4. The van der Waals surface area contributed by atoms with Crippen LogP contribution in [0.25, 0.3) is 0 Å². The van der Waals surface area contributed by atoms with E-state index in [2.05, 4.69) is 10.1 Å². The van der Waals surface area contributed by atoms with Crippen LogP contribution in [0.5, 0.6) is 5.75 Å². The lowest BCUT2D eigenvalue weighted by molar-refractivity contribution is 0.0183. The van der Waals surface area contributed by atoms with Crippen LogP contribution in [0.3, 0.4) is 0 Å². The monoisotopic (exact) mass is 375 g/mol. The highest BCUT2D eigenvalue weighted by atomic mass is 16.5. The molecule has 2 aromatic carbocycles. The van der Waals surface area contributed by atoms with Crippen molar-refractivity contribution < 1.29 is 34.4 Å². The fourth-order valence-electron chi connectivity index (χ4n) is 2.31. The standard InChI is InChI=1S/C19H21NO7/c1-26-18(24)14-9-13(7-8-15(14)21)17(23)16(22)10-20-19(25)27-11-12-5-3-2-4-6-12/h2-9,16-17,21-23H,10-11H2,1H3,(H,20,25). The number of carbonyl (C=O) groups is 2. The van der Waals surface area contributed by atoms with Gasteiger partial charge in [0.15, 0.2) is 0 Å². The highest BCUT2D eigenvalue weighted by molar-refractivity contribution is 5.92. The molecule has 4 N–H and O–H groups in total. The molecule has 0 aliphatic carbocycles. The van der Waals surface area contributed by atoms with Crippen LogP contribution in [-0.2, 0) is 16.1 Å². The lowest BCUT2D eigenvalue weighted by Crippen LogP contribution is -2.35. The number of ether oxygens (including phenoxy) is 2. The van der Waals surface area contributed by atoms with Crippen LogP contribution < -0.4 is 5.32 Å². The number of hydrogen-bond acceptors (Lipinski definition) is 7. The molecule has 0 saturated heterocycles. The largest absolute Gasteiger partial charge is 0.507 e. The van der Waals surface area contributed by atoms with E-state index < -0.39 is 24.3 Å². The number of esters is 1. The number of methoxy groups -OCH3 is 1. The molecule has 0 aromatic heterocycles. The number of aromatic hydroxyl groups is 1. The number of alkyl carbamates (subject to hydrolysis) is 1. The minimum Gasteiger partial charge on any atom is -0.507 e. The molecule has 144 valence electrons. The van der Waals surface area contributed by atoms with E-state index in [1.807, 2.05) is 18.2 Å². The van der Waals surface area contributed by atoms with Crippen LogP contribution >= 0.6 is 0 Å². The van der Waals surface area contributed by atoms with Crippen molar-refractivity contribution in [3.63, 3.8) is 0 Å². The maximum Gasteiger partial charge on any atom is 0.407 e. The van der Waals surface area contributed by atoms with Crippen LogP contribution in [0, 0.1) is 0 Å². The zero-order valence-corrected chi connectivity index (χ0v) is 14.7. The first kappa shape index (κ1) is 20.2. The number of phenols is 1. The van der Waals surface area contributed by atoms with Gasteiger partial charge in [-0.15, -0.1) is 0 Å². The Balaban J connectivity index is 1.88. The number of amides is 1. The van der Waals surface area contributed by atoms with Crippen molar-refractivity contribution in [2.24, 2.45) is 0 Å². The van der Waals surface area contributed by atoms with E-state index in [1.54, 1.807) is 12.1 Å². The third-order valence-corrected chi connectivity index (χ3v) is 3.80. The second-order valence-corrected chi connectivity index (χ2v) is 5.72. The molecule has 0 aliphatic heterocycles. The summed E-state index contributed by atoms with van der Waals surface area (Å²) in [5.41, 5.74) is 0.851. The second kappa shape index (κ2) is 9.56. The van der Waals surface area contributed by atoms with Gasteiger partial charge in [0.25, 0.3) is 0 Å². The van der Waals surface area contributed by atoms with Gasteiger partial charge in [0, 0.05) is 6.54 Å².